The van der Waals surface area contributed by atoms with Crippen LogP contribution in [0.3, 0.4) is 0 Å². The molecule has 0 aliphatic carbocycles. The molecule has 1 N–H and O–H groups in total. The van der Waals surface area contributed by atoms with Crippen LogP contribution in [0.4, 0.5) is 5.69 Å². The number of amides is 1. The lowest BCUT2D eigenvalue weighted by molar-refractivity contribution is -0.118. The van der Waals surface area contributed by atoms with E-state index in [4.69, 9.17) is 16.0 Å². The Bertz CT molecular complexity index is 1120. The normalized spacial score (nSPS) is 16.4. The molecule has 1 aliphatic rings. The van der Waals surface area contributed by atoms with Crippen molar-refractivity contribution in [1.29, 1.82) is 0 Å². The summed E-state index contributed by atoms with van der Waals surface area (Å²) in [7, 11) is 0. The number of ketones is 1. The third kappa shape index (κ3) is 3.53. The average Bonchev–Trinajstić information content (AvgIpc) is 3.37. The quantitative estimate of drug-likeness (QED) is 0.582. The summed E-state index contributed by atoms with van der Waals surface area (Å²) in [6.45, 7) is 1.79. The van der Waals surface area contributed by atoms with E-state index >= 15 is 0 Å². The monoisotopic (exact) mass is 421 g/mol. The number of aliphatic hydroxyl groups is 1. The number of carbonyl (C=O) groups is 2. The van der Waals surface area contributed by atoms with E-state index in [1.165, 1.54) is 11.2 Å². The maximum Gasteiger partial charge on any atom is 0.294 e. The second-order valence-electron chi connectivity index (χ2n) is 7.15. The van der Waals surface area contributed by atoms with E-state index in [-0.39, 0.29) is 17.8 Å². The minimum atomic E-state index is -0.854. The number of rotatable bonds is 6. The number of nitrogens with zero attached hydrogens (tertiary/aromatic N) is 1. The molecule has 1 aromatic heterocycles. The summed E-state index contributed by atoms with van der Waals surface area (Å²) < 4.78 is 5.55. The Kier molecular flexibility index (Phi) is 5.46. The van der Waals surface area contributed by atoms with Crippen LogP contribution in [0.25, 0.3) is 0 Å². The summed E-state index contributed by atoms with van der Waals surface area (Å²) >= 11 is 6.26. The number of anilines is 1. The number of furan rings is 1. The van der Waals surface area contributed by atoms with Crippen LogP contribution >= 0.6 is 11.6 Å². The predicted octanol–water partition coefficient (Wildman–Crippen LogP) is 5.34. The molecule has 3 aromatic rings. The van der Waals surface area contributed by atoms with Crippen molar-refractivity contribution in [1.82, 2.24) is 0 Å². The van der Waals surface area contributed by atoms with Crippen LogP contribution in [0, 0.1) is 6.92 Å². The molecule has 1 unspecified atom stereocenters. The van der Waals surface area contributed by atoms with Crippen molar-refractivity contribution in [3.63, 3.8) is 0 Å². The molecule has 1 aliphatic heterocycles. The van der Waals surface area contributed by atoms with Crippen molar-refractivity contribution in [2.45, 2.75) is 25.8 Å². The molecule has 0 radical (unpaired) electrons. The molecule has 2 heterocycles. The molecular weight excluding hydrogens is 402 g/mol. The standard InChI is InChI=1S/C24H20ClNO4/c1-15-17(25)9-5-10-18(15)26-22(20-11-6-14-30-20)21(23(28)24(26)29)19(27)13-12-16-7-3-2-4-8-16/h2-11,14,22,28H,12-13H2,1H3. The Morgan fingerprint density at radius 2 is 1.87 bits per heavy atom. The Morgan fingerprint density at radius 1 is 1.10 bits per heavy atom. The molecule has 1 atom stereocenters. The highest BCUT2D eigenvalue weighted by molar-refractivity contribution is 6.32. The van der Waals surface area contributed by atoms with E-state index in [1.807, 2.05) is 30.3 Å². The number of benzene rings is 2. The van der Waals surface area contributed by atoms with E-state index in [0.29, 0.717) is 28.5 Å². The van der Waals surface area contributed by atoms with E-state index in [2.05, 4.69) is 0 Å². The smallest absolute Gasteiger partial charge is 0.294 e. The van der Waals surface area contributed by atoms with Crippen molar-refractivity contribution < 1.29 is 19.1 Å². The maximum atomic E-state index is 13.1. The molecule has 2 aromatic carbocycles. The summed E-state index contributed by atoms with van der Waals surface area (Å²) in [5, 5.41) is 11.2. The third-order valence-electron chi connectivity index (χ3n) is 5.30. The summed E-state index contributed by atoms with van der Waals surface area (Å²) in [6.07, 6.45) is 2.15. The molecule has 0 spiro atoms. The minimum absolute atomic E-state index is 0.0465. The Hall–Kier alpha value is -3.31. The predicted molar refractivity (Wildman–Crippen MR) is 115 cm³/mol. The number of Topliss-reactive ketones (excluding diaryl/α,β-unsaturated/α-hetero) is 1. The number of aliphatic hydroxyl groups excluding tert-OH is 1. The van der Waals surface area contributed by atoms with Crippen LogP contribution < -0.4 is 4.90 Å². The van der Waals surface area contributed by atoms with Gasteiger partial charge < -0.3 is 9.52 Å². The van der Waals surface area contributed by atoms with Gasteiger partial charge in [0.2, 0.25) is 0 Å². The van der Waals surface area contributed by atoms with Gasteiger partial charge in [0.25, 0.3) is 5.91 Å². The van der Waals surface area contributed by atoms with E-state index in [0.717, 1.165) is 5.56 Å². The zero-order chi connectivity index (χ0) is 21.3. The van der Waals surface area contributed by atoms with Crippen molar-refractivity contribution in [3.05, 3.63) is 100 Å². The lowest BCUT2D eigenvalue weighted by Crippen LogP contribution is -2.31. The second-order valence-corrected chi connectivity index (χ2v) is 7.56. The minimum Gasteiger partial charge on any atom is -0.503 e. The highest BCUT2D eigenvalue weighted by atomic mass is 35.5. The van der Waals surface area contributed by atoms with Crippen LogP contribution in [-0.2, 0) is 16.0 Å². The van der Waals surface area contributed by atoms with Crippen LogP contribution in [-0.4, -0.2) is 16.8 Å². The van der Waals surface area contributed by atoms with Gasteiger partial charge in [-0.25, -0.2) is 0 Å². The van der Waals surface area contributed by atoms with Gasteiger partial charge in [0.05, 0.1) is 11.8 Å². The molecule has 5 nitrogen and oxygen atoms in total. The molecule has 0 bridgehead atoms. The SMILES string of the molecule is Cc1c(Cl)cccc1N1C(=O)C(O)=C(C(=O)CCc2ccccc2)C1c1ccco1. The fourth-order valence-electron chi connectivity index (χ4n) is 3.75. The average molecular weight is 422 g/mol. The van der Waals surface area contributed by atoms with Gasteiger partial charge in [-0.3, -0.25) is 14.5 Å². The highest BCUT2D eigenvalue weighted by Crippen LogP contribution is 2.43. The molecule has 0 saturated heterocycles. The Labute approximate surface area is 179 Å². The first-order valence-electron chi connectivity index (χ1n) is 9.61. The summed E-state index contributed by atoms with van der Waals surface area (Å²) in [5.41, 5.74) is 2.25. The van der Waals surface area contributed by atoms with Gasteiger partial charge in [-0.15, -0.1) is 0 Å². The second kappa shape index (κ2) is 8.20. The lowest BCUT2D eigenvalue weighted by atomic mass is 9.96. The molecule has 30 heavy (non-hydrogen) atoms. The van der Waals surface area contributed by atoms with Gasteiger partial charge >= 0.3 is 0 Å². The van der Waals surface area contributed by atoms with Crippen molar-refractivity contribution >= 4 is 29.0 Å². The molecule has 0 saturated carbocycles. The third-order valence-corrected chi connectivity index (χ3v) is 5.71. The van der Waals surface area contributed by atoms with Crippen LogP contribution in [0.5, 0.6) is 0 Å². The van der Waals surface area contributed by atoms with Gasteiger partial charge in [-0.2, -0.15) is 0 Å². The van der Waals surface area contributed by atoms with Crippen LogP contribution in [0.2, 0.25) is 5.02 Å². The largest absolute Gasteiger partial charge is 0.503 e. The van der Waals surface area contributed by atoms with Gasteiger partial charge in [-0.1, -0.05) is 48.0 Å². The van der Waals surface area contributed by atoms with E-state index in [9.17, 15) is 14.7 Å². The number of hydrogen-bond acceptors (Lipinski definition) is 4. The molecular formula is C24H20ClNO4. The van der Waals surface area contributed by atoms with E-state index in [1.54, 1.807) is 37.3 Å². The topological polar surface area (TPSA) is 70.8 Å². The molecule has 1 amide bonds. The van der Waals surface area contributed by atoms with Crippen molar-refractivity contribution in [3.8, 4) is 0 Å². The first-order chi connectivity index (χ1) is 14.5. The molecule has 152 valence electrons. The highest BCUT2D eigenvalue weighted by Gasteiger charge is 2.46. The van der Waals surface area contributed by atoms with Gasteiger partial charge in [0.15, 0.2) is 11.5 Å². The number of hydrogen-bond donors (Lipinski definition) is 1. The molecule has 6 heteroatoms. The summed E-state index contributed by atoms with van der Waals surface area (Å²) in [6, 6.07) is 17.3. The zero-order valence-electron chi connectivity index (χ0n) is 16.3. The van der Waals surface area contributed by atoms with Crippen LogP contribution in [0.1, 0.15) is 29.3 Å². The number of aryl methyl sites for hydroxylation is 1. The first kappa shape index (κ1) is 20.0. The van der Waals surface area contributed by atoms with Gasteiger partial charge in [0, 0.05) is 17.1 Å². The molecule has 0 fully saturated rings. The summed E-state index contributed by atoms with van der Waals surface area (Å²) in [4.78, 5) is 27.6. The van der Waals surface area contributed by atoms with E-state index < -0.39 is 17.7 Å². The van der Waals surface area contributed by atoms with Crippen molar-refractivity contribution in [2.75, 3.05) is 4.90 Å². The Morgan fingerprint density at radius 3 is 2.57 bits per heavy atom. The Balaban J connectivity index is 1.72. The number of carbonyl (C=O) groups excluding carboxylic acids is 2. The maximum absolute atomic E-state index is 13.1. The fourth-order valence-corrected chi connectivity index (χ4v) is 3.92. The number of halogens is 1. The lowest BCUT2D eigenvalue weighted by Gasteiger charge is -2.26. The first-order valence-corrected chi connectivity index (χ1v) is 9.99. The van der Waals surface area contributed by atoms with Gasteiger partial charge in [0.1, 0.15) is 11.8 Å². The van der Waals surface area contributed by atoms with Crippen molar-refractivity contribution in [2.24, 2.45) is 0 Å². The fraction of sp³-hybridized carbons (Fsp3) is 0.167. The summed E-state index contributed by atoms with van der Waals surface area (Å²) in [5.74, 6) is -1.10. The van der Waals surface area contributed by atoms with Gasteiger partial charge in [-0.05, 0) is 48.7 Å². The van der Waals surface area contributed by atoms with Crippen LogP contribution in [0.15, 0.2) is 82.7 Å². The zero-order valence-corrected chi connectivity index (χ0v) is 17.1. The molecule has 4 rings (SSSR count).